The smallest absolute Gasteiger partial charge is 0.280 e. The topological polar surface area (TPSA) is 49.8 Å². The highest BCUT2D eigenvalue weighted by atomic mass is 19.1. The van der Waals surface area contributed by atoms with E-state index in [1.54, 1.807) is 0 Å². The van der Waals surface area contributed by atoms with Crippen LogP contribution in [0.2, 0.25) is 0 Å². The first kappa shape index (κ1) is 9.92. The molecular weight excluding hydrogens is 201 g/mol. The zero-order chi connectivity index (χ0) is 10.8. The lowest BCUT2D eigenvalue weighted by Gasteiger charge is -2.13. The van der Waals surface area contributed by atoms with Gasteiger partial charge < -0.3 is 5.11 Å². The van der Waals surface area contributed by atoms with Gasteiger partial charge in [-0.05, 0) is 18.6 Å². The quantitative estimate of drug-likeness (QED) is 0.761. The van der Waals surface area contributed by atoms with Gasteiger partial charge in [-0.2, -0.15) is 0 Å². The zero-order valence-electron chi connectivity index (χ0n) is 7.94. The molecule has 1 N–H and O–H groups in total. The molecular formula is C10H10FNO3. The molecule has 1 fully saturated rings. The molecule has 0 spiro atoms. The van der Waals surface area contributed by atoms with Crippen LogP contribution in [0.25, 0.3) is 0 Å². The Morgan fingerprint density at radius 2 is 2.33 bits per heavy atom. The minimum Gasteiger partial charge on any atom is -0.508 e. The minimum absolute atomic E-state index is 0.0882. The minimum atomic E-state index is -0.740. The lowest BCUT2D eigenvalue weighted by Crippen LogP contribution is -2.27. The molecule has 1 amide bonds. The van der Waals surface area contributed by atoms with Gasteiger partial charge in [-0.15, -0.1) is 0 Å². The van der Waals surface area contributed by atoms with Crippen molar-refractivity contribution in [1.29, 1.82) is 0 Å². The van der Waals surface area contributed by atoms with Gasteiger partial charge in [0.1, 0.15) is 11.6 Å². The maximum Gasteiger partial charge on any atom is 0.280 e. The van der Waals surface area contributed by atoms with Crippen LogP contribution in [0.3, 0.4) is 0 Å². The highest BCUT2D eigenvalue weighted by Gasteiger charge is 2.23. The fourth-order valence-electron chi connectivity index (χ4n) is 1.42. The van der Waals surface area contributed by atoms with E-state index in [1.807, 2.05) is 0 Å². The number of hydroxylamine groups is 2. The van der Waals surface area contributed by atoms with Crippen LogP contribution in [0.1, 0.15) is 16.8 Å². The van der Waals surface area contributed by atoms with Crippen molar-refractivity contribution in [2.24, 2.45) is 0 Å². The average molecular weight is 211 g/mol. The van der Waals surface area contributed by atoms with Crippen LogP contribution >= 0.6 is 0 Å². The summed E-state index contributed by atoms with van der Waals surface area (Å²) in [5.41, 5.74) is -0.0882. The molecule has 1 heterocycles. The van der Waals surface area contributed by atoms with E-state index in [9.17, 15) is 9.18 Å². The van der Waals surface area contributed by atoms with Gasteiger partial charge in [-0.3, -0.25) is 9.63 Å². The number of nitrogens with zero attached hydrogens (tertiary/aromatic N) is 1. The molecule has 5 heteroatoms. The van der Waals surface area contributed by atoms with Crippen molar-refractivity contribution >= 4 is 5.91 Å². The molecule has 2 rings (SSSR count). The molecule has 80 valence electrons. The van der Waals surface area contributed by atoms with E-state index in [0.29, 0.717) is 13.2 Å². The van der Waals surface area contributed by atoms with Crippen LogP contribution in [0.15, 0.2) is 18.2 Å². The number of benzene rings is 1. The van der Waals surface area contributed by atoms with E-state index in [0.717, 1.165) is 17.6 Å². The molecule has 4 nitrogen and oxygen atoms in total. The van der Waals surface area contributed by atoms with Crippen molar-refractivity contribution in [3.63, 3.8) is 0 Å². The first-order chi connectivity index (χ1) is 7.18. The molecule has 0 aromatic heterocycles. The second kappa shape index (κ2) is 3.86. The molecule has 0 unspecified atom stereocenters. The van der Waals surface area contributed by atoms with E-state index in [-0.39, 0.29) is 11.3 Å². The summed E-state index contributed by atoms with van der Waals surface area (Å²) >= 11 is 0. The lowest BCUT2D eigenvalue weighted by molar-refractivity contribution is -0.0770. The molecule has 1 aromatic carbocycles. The van der Waals surface area contributed by atoms with Crippen LogP contribution < -0.4 is 0 Å². The molecule has 1 aliphatic rings. The monoisotopic (exact) mass is 211 g/mol. The molecule has 1 aromatic rings. The third kappa shape index (κ3) is 1.92. The van der Waals surface area contributed by atoms with E-state index < -0.39 is 11.7 Å². The number of rotatable bonds is 1. The molecule has 0 atom stereocenters. The summed E-state index contributed by atoms with van der Waals surface area (Å²) in [5, 5.41) is 10.1. The summed E-state index contributed by atoms with van der Waals surface area (Å²) in [5.74, 6) is -1.45. The number of carbonyl (C=O) groups excluding carboxylic acids is 1. The molecule has 0 bridgehead atoms. The molecule has 0 aliphatic carbocycles. The van der Waals surface area contributed by atoms with Crippen LogP contribution in [0.5, 0.6) is 5.75 Å². The molecule has 1 saturated heterocycles. The van der Waals surface area contributed by atoms with Crippen LogP contribution in [0.4, 0.5) is 4.39 Å². The number of carbonyl (C=O) groups is 1. The van der Waals surface area contributed by atoms with E-state index >= 15 is 0 Å². The van der Waals surface area contributed by atoms with Gasteiger partial charge in [-0.25, -0.2) is 9.45 Å². The number of phenols is 1. The SMILES string of the molecule is O=C(c1ccc(O)cc1F)N1CCCO1. The first-order valence-corrected chi connectivity index (χ1v) is 4.62. The van der Waals surface area contributed by atoms with Crippen molar-refractivity contribution in [1.82, 2.24) is 5.06 Å². The Morgan fingerprint density at radius 3 is 2.93 bits per heavy atom. The third-order valence-corrected chi connectivity index (χ3v) is 2.16. The van der Waals surface area contributed by atoms with Gasteiger partial charge in [0.05, 0.1) is 18.7 Å². The molecule has 15 heavy (non-hydrogen) atoms. The van der Waals surface area contributed by atoms with Gasteiger partial charge in [0.2, 0.25) is 0 Å². The molecule has 1 aliphatic heterocycles. The lowest BCUT2D eigenvalue weighted by atomic mass is 10.2. The second-order valence-corrected chi connectivity index (χ2v) is 3.26. The largest absolute Gasteiger partial charge is 0.508 e. The third-order valence-electron chi connectivity index (χ3n) is 2.16. The van der Waals surface area contributed by atoms with Crippen LogP contribution in [-0.4, -0.2) is 29.2 Å². The summed E-state index contributed by atoms with van der Waals surface area (Å²) in [6.45, 7) is 0.949. The highest BCUT2D eigenvalue weighted by molar-refractivity contribution is 5.94. The normalized spacial score (nSPS) is 15.7. The number of phenolic OH excluding ortho intramolecular Hbond substituents is 1. The van der Waals surface area contributed by atoms with E-state index in [1.165, 1.54) is 12.1 Å². The first-order valence-electron chi connectivity index (χ1n) is 4.62. The van der Waals surface area contributed by atoms with Gasteiger partial charge in [0.15, 0.2) is 0 Å². The predicted octanol–water partition coefficient (Wildman–Crippen LogP) is 1.31. The molecule has 0 radical (unpaired) electrons. The summed E-state index contributed by atoms with van der Waals surface area (Å²) in [6, 6.07) is 3.42. The van der Waals surface area contributed by atoms with Crippen molar-refractivity contribution in [3.8, 4) is 5.75 Å². The number of hydrogen-bond donors (Lipinski definition) is 1. The standard InChI is InChI=1S/C10H10FNO3/c11-9-6-7(13)2-3-8(9)10(14)12-4-1-5-15-12/h2-3,6,13H,1,4-5H2. The summed E-state index contributed by atoms with van der Waals surface area (Å²) in [7, 11) is 0. The van der Waals surface area contributed by atoms with Gasteiger partial charge in [-0.1, -0.05) is 0 Å². The Morgan fingerprint density at radius 1 is 1.53 bits per heavy atom. The highest BCUT2D eigenvalue weighted by Crippen LogP contribution is 2.18. The zero-order valence-corrected chi connectivity index (χ0v) is 7.94. The fourth-order valence-corrected chi connectivity index (χ4v) is 1.42. The van der Waals surface area contributed by atoms with Crippen molar-refractivity contribution in [2.45, 2.75) is 6.42 Å². The Kier molecular flexibility index (Phi) is 2.55. The second-order valence-electron chi connectivity index (χ2n) is 3.26. The van der Waals surface area contributed by atoms with Crippen LogP contribution in [0, 0.1) is 5.82 Å². The predicted molar refractivity (Wildman–Crippen MR) is 49.7 cm³/mol. The van der Waals surface area contributed by atoms with Gasteiger partial charge in [0, 0.05) is 6.07 Å². The fraction of sp³-hybridized carbons (Fsp3) is 0.300. The Hall–Kier alpha value is -1.62. The number of halogens is 1. The number of amides is 1. The Balaban J connectivity index is 2.24. The number of hydrogen-bond acceptors (Lipinski definition) is 3. The van der Waals surface area contributed by atoms with Crippen LogP contribution in [-0.2, 0) is 4.84 Å². The van der Waals surface area contributed by atoms with Crippen molar-refractivity contribution < 1.29 is 19.1 Å². The number of aromatic hydroxyl groups is 1. The van der Waals surface area contributed by atoms with E-state index in [2.05, 4.69) is 0 Å². The summed E-state index contributed by atoms with van der Waals surface area (Å²) in [4.78, 5) is 16.7. The van der Waals surface area contributed by atoms with Gasteiger partial charge in [0.25, 0.3) is 5.91 Å². The average Bonchev–Trinajstić information content (AvgIpc) is 2.69. The maximum atomic E-state index is 13.3. The Bertz CT molecular complexity index is 388. The van der Waals surface area contributed by atoms with Gasteiger partial charge >= 0.3 is 0 Å². The molecule has 0 saturated carbocycles. The van der Waals surface area contributed by atoms with Crippen molar-refractivity contribution in [2.75, 3.05) is 13.2 Å². The van der Waals surface area contributed by atoms with Crippen molar-refractivity contribution in [3.05, 3.63) is 29.6 Å². The maximum absolute atomic E-state index is 13.3. The summed E-state index contributed by atoms with van der Waals surface area (Å²) in [6.07, 6.45) is 0.755. The van der Waals surface area contributed by atoms with E-state index in [4.69, 9.17) is 9.94 Å². The Labute approximate surface area is 85.8 Å². The summed E-state index contributed by atoms with van der Waals surface area (Å²) < 4.78 is 13.3.